The highest BCUT2D eigenvalue weighted by molar-refractivity contribution is 5.95. The average Bonchev–Trinajstić information content (AvgIpc) is 2.37. The summed E-state index contributed by atoms with van der Waals surface area (Å²) in [7, 11) is 0. The summed E-state index contributed by atoms with van der Waals surface area (Å²) in [6.45, 7) is 1.86. The summed E-state index contributed by atoms with van der Waals surface area (Å²) in [6, 6.07) is 4.46. The highest BCUT2D eigenvalue weighted by Gasteiger charge is 2.20. The number of carbonyl (C=O) groups excluding carboxylic acids is 2. The first-order chi connectivity index (χ1) is 9.06. The Morgan fingerprint density at radius 2 is 2.21 bits per heavy atom. The standard InChI is InChI=1S/C11H12FN5O2/c1-7-6-17(11(19)15-14-7)16-10(18)13-9-5-3-2-4-8(9)12/h2-5H,6H2,1H3,(H,15,19)(H2,13,16,18). The minimum Gasteiger partial charge on any atom is -0.304 e. The number of anilines is 1. The molecule has 0 aromatic heterocycles. The van der Waals surface area contributed by atoms with Gasteiger partial charge in [-0.05, 0) is 19.1 Å². The van der Waals surface area contributed by atoms with E-state index in [2.05, 4.69) is 21.3 Å². The third-order valence-electron chi connectivity index (χ3n) is 2.33. The molecule has 0 bridgehead atoms. The first-order valence-electron chi connectivity index (χ1n) is 5.49. The number of para-hydroxylation sites is 1. The molecule has 1 heterocycles. The molecule has 0 unspecified atom stereocenters. The SMILES string of the molecule is CC1=NNC(=O)N(NC(=O)Nc2ccccc2F)C1. The molecule has 3 N–H and O–H groups in total. The van der Waals surface area contributed by atoms with E-state index in [9.17, 15) is 14.0 Å². The van der Waals surface area contributed by atoms with Gasteiger partial charge in [0.05, 0.1) is 17.9 Å². The quantitative estimate of drug-likeness (QED) is 0.752. The van der Waals surface area contributed by atoms with Crippen LogP contribution in [-0.2, 0) is 0 Å². The van der Waals surface area contributed by atoms with Gasteiger partial charge in [-0.25, -0.2) is 29.8 Å². The van der Waals surface area contributed by atoms with E-state index in [0.29, 0.717) is 5.71 Å². The number of rotatable bonds is 2. The summed E-state index contributed by atoms with van der Waals surface area (Å²) in [5, 5.41) is 7.06. The predicted octanol–water partition coefficient (Wildman–Crippen LogP) is 1.26. The Bertz CT molecular complexity index is 546. The average molecular weight is 265 g/mol. The molecule has 1 aromatic carbocycles. The van der Waals surface area contributed by atoms with Crippen LogP contribution >= 0.6 is 0 Å². The summed E-state index contributed by atoms with van der Waals surface area (Å²) in [6.07, 6.45) is 0. The molecule has 7 nitrogen and oxygen atoms in total. The Balaban J connectivity index is 1.97. The van der Waals surface area contributed by atoms with Gasteiger partial charge in [-0.1, -0.05) is 12.1 Å². The van der Waals surface area contributed by atoms with Gasteiger partial charge in [0.15, 0.2) is 0 Å². The zero-order valence-corrected chi connectivity index (χ0v) is 10.1. The molecule has 0 aliphatic carbocycles. The van der Waals surface area contributed by atoms with Gasteiger partial charge in [-0.15, -0.1) is 0 Å². The van der Waals surface area contributed by atoms with Crippen LogP contribution < -0.4 is 16.2 Å². The number of nitrogens with one attached hydrogen (secondary N) is 3. The first-order valence-corrected chi connectivity index (χ1v) is 5.49. The molecule has 4 amide bonds. The fourth-order valence-corrected chi connectivity index (χ4v) is 1.47. The van der Waals surface area contributed by atoms with E-state index in [4.69, 9.17) is 0 Å². The van der Waals surface area contributed by atoms with Crippen molar-refractivity contribution in [2.45, 2.75) is 6.92 Å². The summed E-state index contributed by atoms with van der Waals surface area (Å²) in [5.74, 6) is -0.557. The molecule has 1 aliphatic heterocycles. The van der Waals surface area contributed by atoms with E-state index in [1.807, 2.05) is 0 Å². The van der Waals surface area contributed by atoms with Crippen LogP contribution in [-0.4, -0.2) is 29.3 Å². The Morgan fingerprint density at radius 1 is 1.47 bits per heavy atom. The molecule has 1 aliphatic rings. The molecule has 0 radical (unpaired) electrons. The molecule has 0 atom stereocenters. The lowest BCUT2D eigenvalue weighted by molar-refractivity contribution is 0.177. The second kappa shape index (κ2) is 5.34. The fourth-order valence-electron chi connectivity index (χ4n) is 1.47. The number of benzene rings is 1. The summed E-state index contributed by atoms with van der Waals surface area (Å²) in [4.78, 5) is 23.0. The van der Waals surface area contributed by atoms with Crippen molar-refractivity contribution in [3.63, 3.8) is 0 Å². The van der Waals surface area contributed by atoms with Gasteiger partial charge >= 0.3 is 12.1 Å². The van der Waals surface area contributed by atoms with E-state index >= 15 is 0 Å². The third-order valence-corrected chi connectivity index (χ3v) is 2.33. The second-order valence-electron chi connectivity index (χ2n) is 3.90. The smallest absolute Gasteiger partial charge is 0.304 e. The third kappa shape index (κ3) is 3.18. The number of carbonyl (C=O) groups is 2. The van der Waals surface area contributed by atoms with Gasteiger partial charge in [0.2, 0.25) is 0 Å². The van der Waals surface area contributed by atoms with Crippen LogP contribution in [0.1, 0.15) is 6.92 Å². The van der Waals surface area contributed by atoms with Crippen LogP contribution in [0, 0.1) is 5.82 Å². The highest BCUT2D eigenvalue weighted by Crippen LogP contribution is 2.11. The first kappa shape index (κ1) is 12.8. The van der Waals surface area contributed by atoms with Gasteiger partial charge in [0, 0.05) is 0 Å². The number of hydrogen-bond acceptors (Lipinski definition) is 3. The molecule has 0 fully saturated rings. The van der Waals surface area contributed by atoms with Crippen LogP contribution in [0.15, 0.2) is 29.4 Å². The largest absolute Gasteiger partial charge is 0.356 e. The topological polar surface area (TPSA) is 85.8 Å². The number of amides is 4. The molecular formula is C11H12FN5O2. The van der Waals surface area contributed by atoms with Crippen LogP contribution in [0.4, 0.5) is 19.7 Å². The fraction of sp³-hybridized carbons (Fsp3) is 0.182. The number of nitrogens with zero attached hydrogens (tertiary/aromatic N) is 2. The second-order valence-corrected chi connectivity index (χ2v) is 3.90. The van der Waals surface area contributed by atoms with Gasteiger partial charge < -0.3 is 5.32 Å². The van der Waals surface area contributed by atoms with Gasteiger partial charge in [0.25, 0.3) is 0 Å². The molecule has 100 valence electrons. The number of hydrogen-bond donors (Lipinski definition) is 3. The summed E-state index contributed by atoms with van der Waals surface area (Å²) >= 11 is 0. The van der Waals surface area contributed by atoms with E-state index in [0.717, 1.165) is 5.01 Å². The molecular weight excluding hydrogens is 253 g/mol. The highest BCUT2D eigenvalue weighted by atomic mass is 19.1. The normalized spacial score (nSPS) is 14.5. The maximum absolute atomic E-state index is 13.3. The van der Waals surface area contributed by atoms with Crippen molar-refractivity contribution in [2.24, 2.45) is 5.10 Å². The van der Waals surface area contributed by atoms with Gasteiger partial charge in [-0.3, -0.25) is 0 Å². The molecule has 8 heteroatoms. The number of hydrazine groups is 1. The van der Waals surface area contributed by atoms with Crippen LogP contribution in [0.5, 0.6) is 0 Å². The Kier molecular flexibility index (Phi) is 3.60. The number of hydrazone groups is 1. The van der Waals surface area contributed by atoms with E-state index in [1.54, 1.807) is 13.0 Å². The zero-order chi connectivity index (χ0) is 13.8. The maximum atomic E-state index is 13.3. The van der Waals surface area contributed by atoms with Crippen molar-refractivity contribution in [1.29, 1.82) is 0 Å². The molecule has 0 saturated carbocycles. The maximum Gasteiger partial charge on any atom is 0.356 e. The Labute approximate surface area is 108 Å². The van der Waals surface area contributed by atoms with Crippen molar-refractivity contribution in [2.75, 3.05) is 11.9 Å². The van der Waals surface area contributed by atoms with E-state index in [-0.39, 0.29) is 12.2 Å². The van der Waals surface area contributed by atoms with Gasteiger partial charge in [-0.2, -0.15) is 5.10 Å². The predicted molar refractivity (Wildman–Crippen MR) is 66.9 cm³/mol. The minimum atomic E-state index is -0.713. The molecule has 2 rings (SSSR count). The monoisotopic (exact) mass is 265 g/mol. The van der Waals surface area contributed by atoms with E-state index < -0.39 is 17.9 Å². The summed E-state index contributed by atoms with van der Waals surface area (Å²) < 4.78 is 13.3. The van der Waals surface area contributed by atoms with Crippen molar-refractivity contribution in [3.05, 3.63) is 30.1 Å². The van der Waals surface area contributed by atoms with Crippen molar-refractivity contribution >= 4 is 23.5 Å². The zero-order valence-electron chi connectivity index (χ0n) is 10.1. The molecule has 19 heavy (non-hydrogen) atoms. The summed E-state index contributed by atoms with van der Waals surface area (Å²) in [5.41, 5.74) is 5.18. The van der Waals surface area contributed by atoms with Crippen molar-refractivity contribution in [1.82, 2.24) is 15.9 Å². The lowest BCUT2D eigenvalue weighted by Crippen LogP contribution is -2.55. The number of urea groups is 2. The van der Waals surface area contributed by atoms with Crippen LogP contribution in [0.3, 0.4) is 0 Å². The lowest BCUT2D eigenvalue weighted by Gasteiger charge is -2.25. The Hall–Kier alpha value is -2.64. The van der Waals surface area contributed by atoms with Crippen LogP contribution in [0.25, 0.3) is 0 Å². The molecule has 0 spiro atoms. The van der Waals surface area contributed by atoms with Crippen LogP contribution in [0.2, 0.25) is 0 Å². The molecule has 1 aromatic rings. The molecule has 0 saturated heterocycles. The van der Waals surface area contributed by atoms with Crippen molar-refractivity contribution in [3.8, 4) is 0 Å². The van der Waals surface area contributed by atoms with E-state index in [1.165, 1.54) is 18.2 Å². The lowest BCUT2D eigenvalue weighted by atomic mass is 10.3. The number of halogens is 1. The Morgan fingerprint density at radius 3 is 2.95 bits per heavy atom. The van der Waals surface area contributed by atoms with Crippen molar-refractivity contribution < 1.29 is 14.0 Å². The minimum absolute atomic E-state index is 0.0304. The van der Waals surface area contributed by atoms with Gasteiger partial charge in [0.1, 0.15) is 5.82 Å².